The lowest BCUT2D eigenvalue weighted by Gasteiger charge is -2.06. The molecule has 0 amide bonds. The van der Waals surface area contributed by atoms with Crippen molar-refractivity contribution in [3.05, 3.63) is 63.5 Å². The predicted molar refractivity (Wildman–Crippen MR) is 72.5 cm³/mol. The van der Waals surface area contributed by atoms with Crippen molar-refractivity contribution in [3.63, 3.8) is 0 Å². The van der Waals surface area contributed by atoms with E-state index >= 15 is 0 Å². The molecule has 1 heterocycles. The van der Waals surface area contributed by atoms with Crippen LogP contribution >= 0.6 is 11.6 Å². The summed E-state index contributed by atoms with van der Waals surface area (Å²) in [4.78, 5) is 13.7. The summed E-state index contributed by atoms with van der Waals surface area (Å²) in [6, 6.07) is 7.91. The Morgan fingerprint density at radius 3 is 2.47 bits per heavy atom. The number of hydrogen-bond donors (Lipinski definition) is 2. The van der Waals surface area contributed by atoms with E-state index in [1.54, 1.807) is 24.3 Å². The van der Waals surface area contributed by atoms with E-state index in [1.807, 2.05) is 0 Å². The molecule has 2 rings (SSSR count). The third-order valence-corrected chi connectivity index (χ3v) is 4.13. The van der Waals surface area contributed by atoms with Crippen molar-refractivity contribution >= 4 is 21.6 Å². The summed E-state index contributed by atoms with van der Waals surface area (Å²) in [6.07, 6.45) is 2.53. The molecule has 19 heavy (non-hydrogen) atoms. The highest BCUT2D eigenvalue weighted by Gasteiger charge is 2.16. The lowest BCUT2D eigenvalue weighted by molar-refractivity contribution is 0.580. The first-order valence-corrected chi connectivity index (χ1v) is 7.26. The molecular weight excluding hydrogens is 288 g/mol. The lowest BCUT2D eigenvalue weighted by atomic mass is 10.2. The Labute approximate surface area is 115 Å². The Balaban J connectivity index is 2.17. The molecule has 1 aromatic carbocycles. The van der Waals surface area contributed by atoms with Gasteiger partial charge in [-0.1, -0.05) is 23.7 Å². The lowest BCUT2D eigenvalue weighted by Crippen LogP contribution is -2.27. The zero-order valence-electron chi connectivity index (χ0n) is 9.76. The molecule has 5 nitrogen and oxygen atoms in total. The van der Waals surface area contributed by atoms with Crippen LogP contribution in [0.25, 0.3) is 0 Å². The Morgan fingerprint density at radius 2 is 1.84 bits per heavy atom. The first-order valence-electron chi connectivity index (χ1n) is 5.40. The molecule has 0 aliphatic heterocycles. The number of nitrogens with one attached hydrogen (secondary N) is 2. The van der Waals surface area contributed by atoms with E-state index in [9.17, 15) is 13.2 Å². The minimum absolute atomic E-state index is 0.0911. The maximum Gasteiger partial charge on any atom is 0.246 e. The van der Waals surface area contributed by atoms with Gasteiger partial charge in [0.2, 0.25) is 15.5 Å². The fourth-order valence-electron chi connectivity index (χ4n) is 1.47. The maximum absolute atomic E-state index is 11.9. The summed E-state index contributed by atoms with van der Waals surface area (Å²) in [6.45, 7) is 0.0911. The Bertz CT molecular complexity index is 723. The Morgan fingerprint density at radius 1 is 1.16 bits per heavy atom. The van der Waals surface area contributed by atoms with Gasteiger partial charge in [-0.05, 0) is 17.7 Å². The molecule has 0 bridgehead atoms. The fraction of sp³-hybridized carbons (Fsp3) is 0.0833. The van der Waals surface area contributed by atoms with Crippen LogP contribution in [0.4, 0.5) is 0 Å². The van der Waals surface area contributed by atoms with Gasteiger partial charge in [-0.25, -0.2) is 13.1 Å². The number of aromatic amines is 1. The smallest absolute Gasteiger partial charge is 0.246 e. The number of pyridine rings is 1. The topological polar surface area (TPSA) is 79.0 Å². The molecule has 0 atom stereocenters. The van der Waals surface area contributed by atoms with Gasteiger partial charge in [0, 0.05) is 30.0 Å². The summed E-state index contributed by atoms with van der Waals surface area (Å²) < 4.78 is 26.2. The van der Waals surface area contributed by atoms with Crippen LogP contribution in [-0.2, 0) is 16.6 Å². The average molecular weight is 299 g/mol. The zero-order valence-corrected chi connectivity index (χ0v) is 11.3. The van der Waals surface area contributed by atoms with Gasteiger partial charge in [-0.2, -0.15) is 0 Å². The second kappa shape index (κ2) is 5.56. The minimum Gasteiger partial charge on any atom is -0.366 e. The van der Waals surface area contributed by atoms with Gasteiger partial charge >= 0.3 is 0 Å². The van der Waals surface area contributed by atoms with Crippen LogP contribution in [0.5, 0.6) is 0 Å². The molecule has 0 aliphatic rings. The molecule has 2 aromatic rings. The Kier molecular flexibility index (Phi) is 4.04. The van der Waals surface area contributed by atoms with Crippen molar-refractivity contribution < 1.29 is 8.42 Å². The van der Waals surface area contributed by atoms with E-state index in [4.69, 9.17) is 11.6 Å². The van der Waals surface area contributed by atoms with Gasteiger partial charge in [0.25, 0.3) is 0 Å². The SMILES string of the molecule is O=c1cc[nH]cc1S(=O)(=O)NCc1ccc(Cl)cc1. The van der Waals surface area contributed by atoms with Crippen LogP contribution in [0.15, 0.2) is 52.4 Å². The van der Waals surface area contributed by atoms with E-state index in [0.717, 1.165) is 17.8 Å². The summed E-state index contributed by atoms with van der Waals surface area (Å²) >= 11 is 5.73. The van der Waals surface area contributed by atoms with Crippen molar-refractivity contribution in [1.82, 2.24) is 9.71 Å². The number of halogens is 1. The van der Waals surface area contributed by atoms with Crippen LogP contribution in [0.2, 0.25) is 5.02 Å². The number of rotatable bonds is 4. The molecule has 0 saturated heterocycles. The largest absolute Gasteiger partial charge is 0.366 e. The monoisotopic (exact) mass is 298 g/mol. The quantitative estimate of drug-likeness (QED) is 0.898. The molecule has 0 spiro atoms. The Hall–Kier alpha value is -1.63. The second-order valence-corrected chi connectivity index (χ2v) is 6.00. The van der Waals surface area contributed by atoms with E-state index < -0.39 is 15.5 Å². The molecule has 0 fully saturated rings. The normalized spacial score (nSPS) is 11.4. The standard InChI is InChI=1S/C12H11ClN2O3S/c13-10-3-1-9(2-4-10)7-15-19(17,18)12-8-14-6-5-11(12)16/h1-6,8,15H,7H2,(H,14,16). The molecule has 1 aromatic heterocycles. The number of H-pyrrole nitrogens is 1. The van der Waals surface area contributed by atoms with E-state index in [0.29, 0.717) is 5.02 Å². The molecule has 7 heteroatoms. The number of aromatic nitrogens is 1. The van der Waals surface area contributed by atoms with Crippen LogP contribution in [-0.4, -0.2) is 13.4 Å². The highest BCUT2D eigenvalue weighted by Crippen LogP contribution is 2.10. The molecular formula is C12H11ClN2O3S. The second-order valence-electron chi connectivity index (χ2n) is 3.82. The van der Waals surface area contributed by atoms with Gasteiger partial charge in [0.05, 0.1) is 0 Å². The van der Waals surface area contributed by atoms with Crippen LogP contribution in [0.3, 0.4) is 0 Å². The van der Waals surface area contributed by atoms with Crippen molar-refractivity contribution in [3.8, 4) is 0 Å². The molecule has 100 valence electrons. The van der Waals surface area contributed by atoms with Gasteiger partial charge < -0.3 is 4.98 Å². The molecule has 0 unspecified atom stereocenters. The first-order chi connectivity index (χ1) is 8.99. The highest BCUT2D eigenvalue weighted by molar-refractivity contribution is 7.89. The van der Waals surface area contributed by atoms with Crippen molar-refractivity contribution in [2.24, 2.45) is 0 Å². The zero-order chi connectivity index (χ0) is 13.9. The van der Waals surface area contributed by atoms with Crippen LogP contribution in [0, 0.1) is 0 Å². The van der Waals surface area contributed by atoms with Crippen molar-refractivity contribution in [2.45, 2.75) is 11.4 Å². The fourth-order valence-corrected chi connectivity index (χ4v) is 2.66. The number of benzene rings is 1. The molecule has 0 radical (unpaired) electrons. The van der Waals surface area contributed by atoms with E-state index in [1.165, 1.54) is 6.20 Å². The van der Waals surface area contributed by atoms with Gasteiger partial charge in [0.15, 0.2) is 0 Å². The molecule has 2 N–H and O–H groups in total. The van der Waals surface area contributed by atoms with E-state index in [-0.39, 0.29) is 11.4 Å². The summed E-state index contributed by atoms with van der Waals surface area (Å²) in [5, 5.41) is 0.575. The predicted octanol–water partition coefficient (Wildman–Crippen LogP) is 1.51. The van der Waals surface area contributed by atoms with Crippen molar-refractivity contribution in [1.29, 1.82) is 0 Å². The first kappa shape index (κ1) is 13.8. The molecule has 0 aliphatic carbocycles. The molecule has 0 saturated carbocycles. The highest BCUT2D eigenvalue weighted by atomic mass is 35.5. The van der Waals surface area contributed by atoms with Crippen LogP contribution < -0.4 is 10.2 Å². The summed E-state index contributed by atoms with van der Waals surface area (Å²) in [5.41, 5.74) is 0.197. The number of hydrogen-bond acceptors (Lipinski definition) is 3. The van der Waals surface area contributed by atoms with Gasteiger partial charge in [-0.15, -0.1) is 0 Å². The van der Waals surface area contributed by atoms with Gasteiger partial charge in [-0.3, -0.25) is 4.79 Å². The third kappa shape index (κ3) is 3.44. The third-order valence-electron chi connectivity index (χ3n) is 2.46. The van der Waals surface area contributed by atoms with Crippen molar-refractivity contribution in [2.75, 3.05) is 0 Å². The number of sulfonamides is 1. The van der Waals surface area contributed by atoms with Crippen LogP contribution in [0.1, 0.15) is 5.56 Å². The summed E-state index contributed by atoms with van der Waals surface area (Å²) in [5.74, 6) is 0. The minimum atomic E-state index is -3.83. The summed E-state index contributed by atoms with van der Waals surface area (Å²) in [7, 11) is -3.83. The average Bonchev–Trinajstić information content (AvgIpc) is 2.38. The van der Waals surface area contributed by atoms with Gasteiger partial charge in [0.1, 0.15) is 4.90 Å². The maximum atomic E-state index is 11.9. The van der Waals surface area contributed by atoms with E-state index in [2.05, 4.69) is 9.71 Å².